The minimum Gasteiger partial charge on any atom is -0.379 e. The number of halogens is 1. The van der Waals surface area contributed by atoms with Crippen LogP contribution < -0.4 is 4.90 Å². The van der Waals surface area contributed by atoms with Gasteiger partial charge in [-0.2, -0.15) is 0 Å². The molecule has 106 valence electrons. The molecule has 2 atom stereocenters. The molecule has 0 bridgehead atoms. The van der Waals surface area contributed by atoms with Gasteiger partial charge < -0.3 is 9.64 Å². The van der Waals surface area contributed by atoms with Gasteiger partial charge in [0.2, 0.25) is 0 Å². The second-order valence-corrected chi connectivity index (χ2v) is 5.58. The smallest absolute Gasteiger partial charge is 0.137 e. The lowest BCUT2D eigenvalue weighted by Gasteiger charge is -2.37. The molecule has 0 radical (unpaired) electrons. The number of hydrogen-bond acceptors (Lipinski definition) is 4. The molecule has 2 rings (SSSR count). The molecule has 1 aromatic rings. The van der Waals surface area contributed by atoms with Crippen LogP contribution in [0.25, 0.3) is 0 Å². The summed E-state index contributed by atoms with van der Waals surface area (Å²) >= 11 is 6.21. The van der Waals surface area contributed by atoms with Crippen LogP contribution in [-0.2, 0) is 11.2 Å². The molecule has 0 aliphatic carbocycles. The zero-order valence-corrected chi connectivity index (χ0v) is 12.9. The molecule has 4 nitrogen and oxygen atoms in total. The van der Waals surface area contributed by atoms with Gasteiger partial charge in [-0.15, -0.1) is 0 Å². The van der Waals surface area contributed by atoms with Gasteiger partial charge in [-0.05, 0) is 19.3 Å². The Morgan fingerprint density at radius 2 is 2.16 bits per heavy atom. The van der Waals surface area contributed by atoms with Gasteiger partial charge in [0.25, 0.3) is 0 Å². The first-order valence-corrected chi connectivity index (χ1v) is 7.25. The summed E-state index contributed by atoms with van der Waals surface area (Å²) in [5.41, 5.74) is 0.961. The first-order valence-electron chi connectivity index (χ1n) is 6.87. The third-order valence-corrected chi connectivity index (χ3v) is 4.28. The van der Waals surface area contributed by atoms with Gasteiger partial charge in [-0.3, -0.25) is 0 Å². The van der Waals surface area contributed by atoms with Gasteiger partial charge in [0.05, 0.1) is 6.10 Å². The van der Waals surface area contributed by atoms with E-state index in [-0.39, 0.29) is 6.10 Å². The van der Waals surface area contributed by atoms with Crippen LogP contribution in [0, 0.1) is 12.8 Å². The molecule has 1 saturated heterocycles. The zero-order chi connectivity index (χ0) is 14.0. The van der Waals surface area contributed by atoms with Crippen LogP contribution in [0.5, 0.6) is 0 Å². The summed E-state index contributed by atoms with van der Waals surface area (Å²) in [6, 6.07) is 0. The summed E-state index contributed by atoms with van der Waals surface area (Å²) in [6.45, 7) is 8.13. The van der Waals surface area contributed by atoms with Crippen molar-refractivity contribution >= 4 is 17.4 Å². The minimum atomic E-state index is 0.256. The quantitative estimate of drug-likeness (QED) is 0.800. The van der Waals surface area contributed by atoms with E-state index in [2.05, 4.69) is 21.8 Å². The molecule has 2 heterocycles. The number of methoxy groups -OCH3 is 1. The highest BCUT2D eigenvalue weighted by atomic mass is 35.5. The fraction of sp³-hybridized carbons (Fsp3) is 0.714. The Bertz CT molecular complexity index is 453. The summed E-state index contributed by atoms with van der Waals surface area (Å²) in [6.07, 6.45) is 2.17. The van der Waals surface area contributed by atoms with E-state index in [1.165, 1.54) is 0 Å². The maximum atomic E-state index is 6.21. The van der Waals surface area contributed by atoms with Gasteiger partial charge >= 0.3 is 0 Å². The van der Waals surface area contributed by atoms with Crippen molar-refractivity contribution in [2.45, 2.75) is 39.7 Å². The predicted octanol–water partition coefficient (Wildman–Crippen LogP) is 2.86. The summed E-state index contributed by atoms with van der Waals surface area (Å²) in [5, 5.41) is 0.564. The maximum Gasteiger partial charge on any atom is 0.137 e. The SMILES string of the molecule is CCc1nc(Cl)c(C)c(N2CCC(C)C(OC)C2)n1. The molecule has 0 amide bonds. The first-order chi connectivity index (χ1) is 9.06. The zero-order valence-electron chi connectivity index (χ0n) is 12.1. The number of anilines is 1. The highest BCUT2D eigenvalue weighted by Gasteiger charge is 2.28. The van der Waals surface area contributed by atoms with Crippen LogP contribution in [0.15, 0.2) is 0 Å². The van der Waals surface area contributed by atoms with Crippen LogP contribution in [-0.4, -0.2) is 36.3 Å². The molecule has 1 aliphatic rings. The van der Waals surface area contributed by atoms with E-state index in [1.54, 1.807) is 7.11 Å². The summed E-state index contributed by atoms with van der Waals surface area (Å²) < 4.78 is 5.56. The Hall–Kier alpha value is -0.870. The molecule has 0 N–H and O–H groups in total. The normalized spacial score (nSPS) is 23.7. The van der Waals surface area contributed by atoms with Gasteiger partial charge in [0.1, 0.15) is 16.8 Å². The van der Waals surface area contributed by atoms with Crippen molar-refractivity contribution in [3.8, 4) is 0 Å². The lowest BCUT2D eigenvalue weighted by molar-refractivity contribution is 0.0496. The van der Waals surface area contributed by atoms with Crippen LogP contribution in [0.1, 0.15) is 31.7 Å². The number of ether oxygens (including phenoxy) is 1. The highest BCUT2D eigenvalue weighted by molar-refractivity contribution is 6.30. The number of rotatable bonds is 3. The topological polar surface area (TPSA) is 38.2 Å². The lowest BCUT2D eigenvalue weighted by atomic mass is 9.95. The molecular weight excluding hydrogens is 262 g/mol. The van der Waals surface area contributed by atoms with Crippen LogP contribution in [0.2, 0.25) is 5.15 Å². The third kappa shape index (κ3) is 3.00. The Morgan fingerprint density at radius 1 is 1.42 bits per heavy atom. The van der Waals surface area contributed by atoms with Crippen LogP contribution >= 0.6 is 11.6 Å². The van der Waals surface area contributed by atoms with Crippen molar-refractivity contribution in [3.63, 3.8) is 0 Å². The number of aryl methyl sites for hydroxylation is 1. The van der Waals surface area contributed by atoms with Crippen molar-refractivity contribution in [2.75, 3.05) is 25.1 Å². The van der Waals surface area contributed by atoms with Gasteiger partial charge in [0.15, 0.2) is 0 Å². The van der Waals surface area contributed by atoms with E-state index >= 15 is 0 Å². The Morgan fingerprint density at radius 3 is 2.79 bits per heavy atom. The average Bonchev–Trinajstić information content (AvgIpc) is 2.42. The number of aromatic nitrogens is 2. The van der Waals surface area contributed by atoms with E-state index in [1.807, 2.05) is 13.8 Å². The fourth-order valence-electron chi connectivity index (χ4n) is 2.52. The van der Waals surface area contributed by atoms with E-state index in [0.29, 0.717) is 11.1 Å². The molecule has 19 heavy (non-hydrogen) atoms. The Labute approximate surface area is 120 Å². The van der Waals surface area contributed by atoms with E-state index < -0.39 is 0 Å². The van der Waals surface area contributed by atoms with Crippen molar-refractivity contribution in [1.29, 1.82) is 0 Å². The predicted molar refractivity (Wildman–Crippen MR) is 77.9 cm³/mol. The van der Waals surface area contributed by atoms with Gasteiger partial charge in [-0.25, -0.2) is 9.97 Å². The minimum absolute atomic E-state index is 0.256. The second kappa shape index (κ2) is 6.06. The first kappa shape index (κ1) is 14.5. The summed E-state index contributed by atoms with van der Waals surface area (Å²) in [7, 11) is 1.78. The molecule has 0 spiro atoms. The molecule has 0 aromatic carbocycles. The molecular formula is C14H22ClN3O. The standard InChI is InChI=1S/C14H22ClN3O/c1-5-12-16-13(15)10(3)14(17-12)18-7-6-9(2)11(8-18)19-4/h9,11H,5-8H2,1-4H3. The number of hydrogen-bond donors (Lipinski definition) is 0. The number of nitrogens with zero attached hydrogens (tertiary/aromatic N) is 3. The monoisotopic (exact) mass is 283 g/mol. The van der Waals surface area contributed by atoms with Crippen molar-refractivity contribution in [1.82, 2.24) is 9.97 Å². The molecule has 1 aromatic heterocycles. The average molecular weight is 284 g/mol. The largest absolute Gasteiger partial charge is 0.379 e. The maximum absolute atomic E-state index is 6.21. The molecule has 2 unspecified atom stereocenters. The van der Waals surface area contributed by atoms with Crippen molar-refractivity contribution in [2.24, 2.45) is 5.92 Å². The third-order valence-electron chi connectivity index (χ3n) is 3.91. The lowest BCUT2D eigenvalue weighted by Crippen LogP contribution is -2.44. The van der Waals surface area contributed by atoms with Crippen molar-refractivity contribution < 1.29 is 4.74 Å². The molecule has 1 aliphatic heterocycles. The van der Waals surface area contributed by atoms with Gasteiger partial charge in [-0.1, -0.05) is 25.4 Å². The van der Waals surface area contributed by atoms with Gasteiger partial charge in [0, 0.05) is 32.2 Å². The van der Waals surface area contributed by atoms with Crippen molar-refractivity contribution in [3.05, 3.63) is 16.5 Å². The second-order valence-electron chi connectivity index (χ2n) is 5.22. The summed E-state index contributed by atoms with van der Waals surface area (Å²) in [5.74, 6) is 2.36. The number of piperidine rings is 1. The van der Waals surface area contributed by atoms with E-state index in [0.717, 1.165) is 43.1 Å². The molecule has 1 fully saturated rings. The van der Waals surface area contributed by atoms with Crippen LogP contribution in [0.4, 0.5) is 5.82 Å². The Kier molecular flexibility index (Phi) is 4.63. The Balaban J connectivity index is 2.28. The van der Waals surface area contributed by atoms with E-state index in [9.17, 15) is 0 Å². The molecule has 0 saturated carbocycles. The summed E-state index contributed by atoms with van der Waals surface area (Å²) in [4.78, 5) is 11.2. The van der Waals surface area contributed by atoms with Crippen LogP contribution in [0.3, 0.4) is 0 Å². The highest BCUT2D eigenvalue weighted by Crippen LogP contribution is 2.28. The molecule has 5 heteroatoms. The fourth-order valence-corrected chi connectivity index (χ4v) is 2.70. The van der Waals surface area contributed by atoms with E-state index in [4.69, 9.17) is 16.3 Å².